The molecule has 18 heavy (non-hydrogen) atoms. The molecule has 0 saturated carbocycles. The van der Waals surface area contributed by atoms with Crippen molar-refractivity contribution >= 4 is 11.8 Å². The lowest BCUT2D eigenvalue weighted by Gasteiger charge is -2.25. The molecular formula is C13H19N3O2. The van der Waals surface area contributed by atoms with Gasteiger partial charge in [-0.1, -0.05) is 0 Å². The summed E-state index contributed by atoms with van der Waals surface area (Å²) in [6, 6.07) is 2.11. The van der Waals surface area contributed by atoms with Crippen LogP contribution in [0.1, 0.15) is 34.5 Å². The van der Waals surface area contributed by atoms with E-state index in [1.807, 2.05) is 13.8 Å². The van der Waals surface area contributed by atoms with Crippen molar-refractivity contribution < 1.29 is 9.90 Å². The molecule has 98 valence electrons. The lowest BCUT2D eigenvalue weighted by molar-refractivity contribution is 0.0696. The number of aryl methyl sites for hydroxylation is 2. The maximum atomic E-state index is 11.3. The molecule has 1 saturated heterocycles. The van der Waals surface area contributed by atoms with Crippen LogP contribution in [-0.2, 0) is 0 Å². The minimum absolute atomic E-state index is 0.291. The summed E-state index contributed by atoms with van der Waals surface area (Å²) in [6.45, 7) is 5.62. The Hall–Kier alpha value is -1.62. The Balaban J connectivity index is 2.27. The average Bonchev–Trinajstić information content (AvgIpc) is 2.28. The van der Waals surface area contributed by atoms with E-state index in [0.717, 1.165) is 37.2 Å². The smallest absolute Gasteiger partial charge is 0.339 e. The summed E-state index contributed by atoms with van der Waals surface area (Å²) in [6.07, 6.45) is 1.99. The van der Waals surface area contributed by atoms with Crippen molar-refractivity contribution in [1.82, 2.24) is 10.3 Å². The van der Waals surface area contributed by atoms with Crippen molar-refractivity contribution in [3.8, 4) is 0 Å². The number of carboxylic acids is 1. The Bertz CT molecular complexity index is 454. The van der Waals surface area contributed by atoms with Crippen LogP contribution in [0.4, 0.5) is 5.82 Å². The zero-order valence-electron chi connectivity index (χ0n) is 10.8. The molecule has 0 unspecified atom stereocenters. The van der Waals surface area contributed by atoms with E-state index in [9.17, 15) is 9.90 Å². The number of aromatic nitrogens is 1. The molecule has 0 spiro atoms. The number of nitrogens with zero attached hydrogens (tertiary/aromatic N) is 1. The van der Waals surface area contributed by atoms with Gasteiger partial charge in [-0.05, 0) is 51.4 Å². The SMILES string of the molecule is Cc1cc(C)c(C(=O)O)c(NC2CCNCC2)n1. The Morgan fingerprint density at radius 3 is 2.72 bits per heavy atom. The summed E-state index contributed by atoms with van der Waals surface area (Å²) in [4.78, 5) is 15.6. The van der Waals surface area contributed by atoms with E-state index >= 15 is 0 Å². The molecule has 2 rings (SSSR count). The highest BCUT2D eigenvalue weighted by Gasteiger charge is 2.19. The van der Waals surface area contributed by atoms with Crippen molar-refractivity contribution in [1.29, 1.82) is 0 Å². The Kier molecular flexibility index (Phi) is 3.81. The van der Waals surface area contributed by atoms with Crippen LogP contribution in [0.5, 0.6) is 0 Å². The highest BCUT2D eigenvalue weighted by molar-refractivity contribution is 5.94. The number of hydrogen-bond donors (Lipinski definition) is 3. The number of carbonyl (C=O) groups is 1. The molecule has 0 aromatic carbocycles. The fraction of sp³-hybridized carbons (Fsp3) is 0.538. The molecule has 0 radical (unpaired) electrons. The van der Waals surface area contributed by atoms with Gasteiger partial charge in [0, 0.05) is 11.7 Å². The van der Waals surface area contributed by atoms with E-state index in [4.69, 9.17) is 0 Å². The summed E-state index contributed by atoms with van der Waals surface area (Å²) < 4.78 is 0. The molecule has 0 bridgehead atoms. The Morgan fingerprint density at radius 2 is 2.11 bits per heavy atom. The second kappa shape index (κ2) is 5.35. The van der Waals surface area contributed by atoms with Gasteiger partial charge in [0.25, 0.3) is 0 Å². The maximum absolute atomic E-state index is 11.3. The highest BCUT2D eigenvalue weighted by atomic mass is 16.4. The van der Waals surface area contributed by atoms with Gasteiger partial charge in [-0.3, -0.25) is 0 Å². The Morgan fingerprint density at radius 1 is 1.44 bits per heavy atom. The van der Waals surface area contributed by atoms with Crippen LogP contribution in [0, 0.1) is 13.8 Å². The summed E-state index contributed by atoms with van der Waals surface area (Å²) in [5.41, 5.74) is 1.89. The van der Waals surface area contributed by atoms with Gasteiger partial charge in [-0.2, -0.15) is 0 Å². The number of hydrogen-bond acceptors (Lipinski definition) is 4. The second-order valence-corrected chi connectivity index (χ2v) is 4.78. The minimum Gasteiger partial charge on any atom is -0.478 e. The van der Waals surface area contributed by atoms with Crippen LogP contribution in [0.25, 0.3) is 0 Å². The molecule has 3 N–H and O–H groups in total. The van der Waals surface area contributed by atoms with E-state index in [1.165, 1.54) is 0 Å². The molecule has 1 aliphatic heterocycles. The Labute approximate surface area is 107 Å². The third kappa shape index (κ3) is 2.79. The van der Waals surface area contributed by atoms with E-state index in [2.05, 4.69) is 15.6 Å². The van der Waals surface area contributed by atoms with Crippen molar-refractivity contribution in [2.45, 2.75) is 32.7 Å². The quantitative estimate of drug-likeness (QED) is 0.758. The maximum Gasteiger partial charge on any atom is 0.339 e. The number of anilines is 1. The third-order valence-corrected chi connectivity index (χ3v) is 3.24. The lowest BCUT2D eigenvalue weighted by atomic mass is 10.0. The summed E-state index contributed by atoms with van der Waals surface area (Å²) in [7, 11) is 0. The number of rotatable bonds is 3. The molecule has 5 heteroatoms. The van der Waals surface area contributed by atoms with E-state index < -0.39 is 5.97 Å². The molecule has 1 fully saturated rings. The molecule has 5 nitrogen and oxygen atoms in total. The standard InChI is InChI=1S/C13H19N3O2/c1-8-7-9(2)15-12(11(8)13(17)18)16-10-3-5-14-6-4-10/h7,10,14H,3-6H2,1-2H3,(H,15,16)(H,17,18). The second-order valence-electron chi connectivity index (χ2n) is 4.78. The van der Waals surface area contributed by atoms with Gasteiger partial charge in [-0.25, -0.2) is 9.78 Å². The molecule has 1 aliphatic rings. The summed E-state index contributed by atoms with van der Waals surface area (Å²) in [5.74, 6) is -0.414. The van der Waals surface area contributed by atoms with E-state index in [0.29, 0.717) is 17.4 Å². The normalized spacial score (nSPS) is 16.6. The number of nitrogens with one attached hydrogen (secondary N) is 2. The van der Waals surface area contributed by atoms with Crippen LogP contribution >= 0.6 is 0 Å². The van der Waals surface area contributed by atoms with Gasteiger partial charge >= 0.3 is 5.97 Å². The summed E-state index contributed by atoms with van der Waals surface area (Å²) >= 11 is 0. The van der Waals surface area contributed by atoms with Crippen LogP contribution in [-0.4, -0.2) is 35.2 Å². The fourth-order valence-electron chi connectivity index (χ4n) is 2.37. The molecule has 2 heterocycles. The number of pyridine rings is 1. The zero-order chi connectivity index (χ0) is 13.1. The van der Waals surface area contributed by atoms with Crippen LogP contribution < -0.4 is 10.6 Å². The molecule has 0 aliphatic carbocycles. The molecule has 1 aromatic heterocycles. The number of carboxylic acid groups (broad SMARTS) is 1. The van der Waals surface area contributed by atoms with Gasteiger partial charge < -0.3 is 15.7 Å². The number of aromatic carboxylic acids is 1. The topological polar surface area (TPSA) is 74.2 Å². The highest BCUT2D eigenvalue weighted by Crippen LogP contribution is 2.21. The first kappa shape index (κ1) is 12.8. The van der Waals surface area contributed by atoms with Gasteiger partial charge in [0.2, 0.25) is 0 Å². The van der Waals surface area contributed by atoms with Crippen molar-refractivity contribution in [2.24, 2.45) is 0 Å². The van der Waals surface area contributed by atoms with Crippen LogP contribution in [0.15, 0.2) is 6.07 Å². The zero-order valence-corrected chi connectivity index (χ0v) is 10.8. The van der Waals surface area contributed by atoms with Crippen molar-refractivity contribution in [3.05, 3.63) is 22.9 Å². The van der Waals surface area contributed by atoms with Gasteiger partial charge in [0.1, 0.15) is 11.4 Å². The van der Waals surface area contributed by atoms with Crippen molar-refractivity contribution in [3.63, 3.8) is 0 Å². The fourth-order valence-corrected chi connectivity index (χ4v) is 2.37. The molecular weight excluding hydrogens is 230 g/mol. The molecule has 0 amide bonds. The van der Waals surface area contributed by atoms with Crippen LogP contribution in [0.2, 0.25) is 0 Å². The van der Waals surface area contributed by atoms with Gasteiger partial charge in [0.05, 0.1) is 0 Å². The first-order valence-corrected chi connectivity index (χ1v) is 6.26. The molecule has 0 atom stereocenters. The summed E-state index contributed by atoms with van der Waals surface area (Å²) in [5, 5.41) is 15.8. The minimum atomic E-state index is -0.920. The van der Waals surface area contributed by atoms with E-state index in [1.54, 1.807) is 6.07 Å². The van der Waals surface area contributed by atoms with Gasteiger partial charge in [-0.15, -0.1) is 0 Å². The first-order valence-electron chi connectivity index (χ1n) is 6.26. The average molecular weight is 249 g/mol. The molecule has 1 aromatic rings. The van der Waals surface area contributed by atoms with Crippen molar-refractivity contribution in [2.75, 3.05) is 18.4 Å². The van der Waals surface area contributed by atoms with E-state index in [-0.39, 0.29) is 0 Å². The van der Waals surface area contributed by atoms with Gasteiger partial charge in [0.15, 0.2) is 0 Å². The van der Waals surface area contributed by atoms with Crippen LogP contribution in [0.3, 0.4) is 0 Å². The first-order chi connectivity index (χ1) is 8.58. The predicted molar refractivity (Wildman–Crippen MR) is 70.2 cm³/mol. The monoisotopic (exact) mass is 249 g/mol. The number of piperidine rings is 1. The lowest BCUT2D eigenvalue weighted by Crippen LogP contribution is -2.36. The largest absolute Gasteiger partial charge is 0.478 e. The predicted octanol–water partition coefficient (Wildman–Crippen LogP) is 1.56. The third-order valence-electron chi connectivity index (χ3n) is 3.24.